The normalized spacial score (nSPS) is 10.0. The fourth-order valence-electron chi connectivity index (χ4n) is 1.66. The van der Waals surface area contributed by atoms with Gasteiger partial charge in [0.25, 0.3) is 0 Å². The van der Waals surface area contributed by atoms with Crippen molar-refractivity contribution in [2.24, 2.45) is 0 Å². The van der Waals surface area contributed by atoms with Crippen LogP contribution in [0.25, 0.3) is 0 Å². The van der Waals surface area contributed by atoms with Gasteiger partial charge in [-0.05, 0) is 36.6 Å². The molecule has 0 atom stereocenters. The molecule has 0 bridgehead atoms. The molecule has 2 aromatic carbocycles. The first-order valence-corrected chi connectivity index (χ1v) is 7.46. The molecule has 0 fully saturated rings. The van der Waals surface area contributed by atoms with Crippen molar-refractivity contribution < 1.29 is 4.39 Å². The molecule has 0 amide bonds. The average molecular weight is 337 g/mol. The van der Waals surface area contributed by atoms with Crippen molar-refractivity contribution in [2.45, 2.75) is 4.90 Å². The topological polar surface area (TPSA) is 35.8 Å². The van der Waals surface area contributed by atoms with Gasteiger partial charge in [0.2, 0.25) is 0 Å². The van der Waals surface area contributed by atoms with Crippen LogP contribution < -0.4 is 5.32 Å². The third kappa shape index (κ3) is 3.09. The smallest absolute Gasteiger partial charge is 0.146 e. The number of halogens is 2. The molecule has 0 heterocycles. The zero-order chi connectivity index (χ0) is 13.8. The van der Waals surface area contributed by atoms with E-state index in [0.29, 0.717) is 16.9 Å². The molecule has 0 unspecified atom stereocenters. The van der Waals surface area contributed by atoms with Gasteiger partial charge < -0.3 is 5.32 Å². The second-order valence-corrected chi connectivity index (χ2v) is 5.51. The molecule has 0 radical (unpaired) electrons. The van der Waals surface area contributed by atoms with Gasteiger partial charge in [0.15, 0.2) is 0 Å². The van der Waals surface area contributed by atoms with Crippen LogP contribution in [0.5, 0.6) is 0 Å². The molecule has 2 nitrogen and oxygen atoms in total. The second kappa shape index (κ2) is 6.09. The Morgan fingerprint density at radius 3 is 2.74 bits per heavy atom. The number of hydrogen-bond donors (Lipinski definition) is 1. The van der Waals surface area contributed by atoms with E-state index < -0.39 is 0 Å². The highest BCUT2D eigenvalue weighted by Gasteiger charge is 2.09. The Morgan fingerprint density at radius 1 is 1.26 bits per heavy atom. The molecule has 19 heavy (non-hydrogen) atoms. The summed E-state index contributed by atoms with van der Waals surface area (Å²) in [5, 5.41) is 12.2. The average Bonchev–Trinajstić information content (AvgIpc) is 2.42. The van der Waals surface area contributed by atoms with Crippen LogP contribution >= 0.6 is 27.7 Å². The quantitative estimate of drug-likeness (QED) is 0.807. The van der Waals surface area contributed by atoms with Crippen LogP contribution in [0.1, 0.15) is 5.56 Å². The maximum atomic E-state index is 13.7. The molecule has 0 aliphatic heterocycles. The molecule has 96 valence electrons. The van der Waals surface area contributed by atoms with E-state index in [1.807, 2.05) is 18.4 Å². The van der Waals surface area contributed by atoms with Gasteiger partial charge in [0.05, 0.1) is 16.9 Å². The molecule has 2 rings (SSSR count). The number of thioether (sulfide) groups is 1. The highest BCUT2D eigenvalue weighted by Crippen LogP contribution is 2.30. The molecule has 2 aromatic rings. The number of nitrogens with zero attached hydrogens (tertiary/aromatic N) is 1. The second-order valence-electron chi connectivity index (χ2n) is 3.74. The molecule has 1 N–H and O–H groups in total. The lowest BCUT2D eigenvalue weighted by Crippen LogP contribution is -1.97. The van der Waals surface area contributed by atoms with Crippen LogP contribution in [0.15, 0.2) is 45.8 Å². The summed E-state index contributed by atoms with van der Waals surface area (Å²) in [6, 6.07) is 12.3. The first-order valence-electron chi connectivity index (χ1n) is 5.45. The van der Waals surface area contributed by atoms with Crippen molar-refractivity contribution in [2.75, 3.05) is 11.6 Å². The molecule has 0 aromatic heterocycles. The Kier molecular flexibility index (Phi) is 4.46. The van der Waals surface area contributed by atoms with Gasteiger partial charge in [-0.1, -0.05) is 22.0 Å². The lowest BCUT2D eigenvalue weighted by Gasteiger charge is -2.11. The van der Waals surface area contributed by atoms with Crippen molar-refractivity contribution in [3.63, 3.8) is 0 Å². The minimum absolute atomic E-state index is 0.337. The molecule has 5 heteroatoms. The van der Waals surface area contributed by atoms with Gasteiger partial charge in [-0.2, -0.15) is 5.26 Å². The van der Waals surface area contributed by atoms with Crippen LogP contribution in [-0.2, 0) is 0 Å². The van der Waals surface area contributed by atoms with E-state index in [4.69, 9.17) is 0 Å². The summed E-state index contributed by atoms with van der Waals surface area (Å²) in [5.41, 5.74) is 1.46. The Balaban J connectivity index is 2.44. The number of benzene rings is 2. The predicted octanol–water partition coefficient (Wildman–Crippen LogP) is 4.93. The fraction of sp³-hybridized carbons (Fsp3) is 0.0714. The van der Waals surface area contributed by atoms with Gasteiger partial charge >= 0.3 is 0 Å². The number of nitrogens with one attached hydrogen (secondary N) is 1. The third-order valence-corrected chi connectivity index (χ3v) is 3.83. The van der Waals surface area contributed by atoms with Crippen molar-refractivity contribution in [1.29, 1.82) is 5.26 Å². The Labute approximate surface area is 123 Å². The minimum Gasteiger partial charge on any atom is -0.352 e. The molecule has 0 aliphatic carbocycles. The third-order valence-electron chi connectivity index (χ3n) is 2.56. The zero-order valence-corrected chi connectivity index (χ0v) is 12.5. The summed E-state index contributed by atoms with van der Waals surface area (Å²) in [6.45, 7) is 0. The molecule has 0 saturated heterocycles. The Morgan fingerprint density at radius 2 is 2.05 bits per heavy atom. The summed E-state index contributed by atoms with van der Waals surface area (Å²) >= 11 is 4.78. The van der Waals surface area contributed by atoms with E-state index in [0.717, 1.165) is 9.37 Å². The van der Waals surface area contributed by atoms with E-state index >= 15 is 0 Å². The predicted molar refractivity (Wildman–Crippen MR) is 80.3 cm³/mol. The van der Waals surface area contributed by atoms with Crippen molar-refractivity contribution in [3.8, 4) is 6.07 Å². The maximum Gasteiger partial charge on any atom is 0.146 e. The molecular formula is C14H10BrFN2S. The van der Waals surface area contributed by atoms with Crippen LogP contribution in [0.4, 0.5) is 15.8 Å². The van der Waals surface area contributed by atoms with E-state index in [2.05, 4.69) is 27.3 Å². The fourth-order valence-corrected chi connectivity index (χ4v) is 2.59. The molecule has 0 saturated carbocycles. The van der Waals surface area contributed by atoms with Crippen LogP contribution in [0.2, 0.25) is 0 Å². The molecular weight excluding hydrogens is 327 g/mol. The van der Waals surface area contributed by atoms with E-state index in [-0.39, 0.29) is 5.82 Å². The van der Waals surface area contributed by atoms with E-state index in [1.54, 1.807) is 18.2 Å². The minimum atomic E-state index is -0.360. The van der Waals surface area contributed by atoms with Gasteiger partial charge in [-0.3, -0.25) is 0 Å². The summed E-state index contributed by atoms with van der Waals surface area (Å²) in [5.74, 6) is -0.360. The van der Waals surface area contributed by atoms with E-state index in [1.165, 1.54) is 17.8 Å². The maximum absolute atomic E-state index is 13.7. The van der Waals surface area contributed by atoms with Crippen molar-refractivity contribution >= 4 is 39.1 Å². The highest BCUT2D eigenvalue weighted by molar-refractivity contribution is 9.10. The van der Waals surface area contributed by atoms with E-state index in [9.17, 15) is 9.65 Å². The molecule has 0 aliphatic rings. The first-order chi connectivity index (χ1) is 9.15. The van der Waals surface area contributed by atoms with Crippen LogP contribution in [0, 0.1) is 17.1 Å². The van der Waals surface area contributed by atoms with Crippen LogP contribution in [-0.4, -0.2) is 6.26 Å². The van der Waals surface area contributed by atoms with Crippen LogP contribution in [0.3, 0.4) is 0 Å². The number of anilines is 2. The molecule has 0 spiro atoms. The van der Waals surface area contributed by atoms with Gasteiger partial charge in [-0.25, -0.2) is 4.39 Å². The highest BCUT2D eigenvalue weighted by atomic mass is 79.9. The lowest BCUT2D eigenvalue weighted by molar-refractivity contribution is 0.631. The first kappa shape index (κ1) is 13.9. The standard InChI is InChI=1S/C14H10BrFN2S/c1-19-14-4-2-3-12(10(14)8-17)18-13-7-9(15)5-6-11(13)16/h2-7,18H,1H3. The number of rotatable bonds is 3. The van der Waals surface area contributed by atoms with Gasteiger partial charge in [-0.15, -0.1) is 11.8 Å². The summed E-state index contributed by atoms with van der Waals surface area (Å²) in [4.78, 5) is 0.864. The van der Waals surface area contributed by atoms with Gasteiger partial charge in [0, 0.05) is 9.37 Å². The van der Waals surface area contributed by atoms with Crippen molar-refractivity contribution in [3.05, 3.63) is 52.3 Å². The SMILES string of the molecule is CSc1cccc(Nc2cc(Br)ccc2F)c1C#N. The Hall–Kier alpha value is -1.51. The number of nitriles is 1. The van der Waals surface area contributed by atoms with Gasteiger partial charge in [0.1, 0.15) is 11.9 Å². The zero-order valence-electron chi connectivity index (χ0n) is 10.1. The van der Waals surface area contributed by atoms with Crippen molar-refractivity contribution in [1.82, 2.24) is 0 Å². The number of hydrogen-bond acceptors (Lipinski definition) is 3. The Bertz CT molecular complexity index is 652. The lowest BCUT2D eigenvalue weighted by atomic mass is 10.2. The largest absolute Gasteiger partial charge is 0.352 e. The monoisotopic (exact) mass is 336 g/mol. The summed E-state index contributed by atoms with van der Waals surface area (Å²) in [7, 11) is 0. The summed E-state index contributed by atoms with van der Waals surface area (Å²) in [6.07, 6.45) is 1.90. The summed E-state index contributed by atoms with van der Waals surface area (Å²) < 4.78 is 14.5.